The fraction of sp³-hybridized carbons (Fsp3) is 0.105. The van der Waals surface area contributed by atoms with Crippen molar-refractivity contribution in [3.05, 3.63) is 198 Å². The summed E-state index contributed by atoms with van der Waals surface area (Å²) < 4.78 is 2.28. The van der Waals surface area contributed by atoms with E-state index >= 15 is 0 Å². The second-order valence-electron chi connectivity index (χ2n) is 16.3. The van der Waals surface area contributed by atoms with Crippen LogP contribution in [0.2, 0.25) is 0 Å². The summed E-state index contributed by atoms with van der Waals surface area (Å²) >= 11 is 0. The highest BCUT2D eigenvalue weighted by atomic mass is 15.1. The fourth-order valence-electron chi connectivity index (χ4n) is 10.3. The molecule has 0 radical (unpaired) electrons. The average Bonchev–Trinajstić information content (AvgIpc) is 3.70. The van der Waals surface area contributed by atoms with Gasteiger partial charge in [0.05, 0.1) is 11.0 Å². The number of hydrogen-bond acceptors (Lipinski definition) is 1. The zero-order valence-corrected chi connectivity index (χ0v) is 33.0. The molecular weight excluding hydrogens is 713 g/mol. The first-order chi connectivity index (χ1) is 29.3. The van der Waals surface area contributed by atoms with Gasteiger partial charge in [-0.2, -0.15) is 0 Å². The van der Waals surface area contributed by atoms with Crippen molar-refractivity contribution in [3.63, 3.8) is 0 Å². The van der Waals surface area contributed by atoms with E-state index in [1.165, 1.54) is 88.0 Å². The lowest BCUT2D eigenvalue weighted by atomic mass is 9.76. The van der Waals surface area contributed by atoms with Crippen molar-refractivity contribution >= 4 is 61.1 Å². The molecule has 3 aliphatic carbocycles. The van der Waals surface area contributed by atoms with Crippen molar-refractivity contribution in [3.8, 4) is 39.3 Å². The molecule has 0 atom stereocenters. The molecule has 0 unspecified atom stereocenters. The maximum Gasteiger partial charge on any atom is 0.145 e. The van der Waals surface area contributed by atoms with Crippen LogP contribution < -0.4 is 0 Å². The van der Waals surface area contributed by atoms with Crippen molar-refractivity contribution < 1.29 is 0 Å². The Bertz CT molecular complexity index is 3300. The minimum atomic E-state index is 0.949. The molecule has 2 nitrogen and oxygen atoms in total. The van der Waals surface area contributed by atoms with Crippen LogP contribution in [-0.2, 0) is 12.8 Å². The number of aromatic nitrogens is 2. The second-order valence-corrected chi connectivity index (χ2v) is 16.3. The summed E-state index contributed by atoms with van der Waals surface area (Å²) in [7, 11) is 0. The molecule has 59 heavy (non-hydrogen) atoms. The smallest absolute Gasteiger partial charge is 0.145 e. The summed E-state index contributed by atoms with van der Waals surface area (Å²) in [4.78, 5) is 5.16. The van der Waals surface area contributed by atoms with E-state index in [0.29, 0.717) is 0 Å². The van der Waals surface area contributed by atoms with E-state index in [1.54, 1.807) is 0 Å². The number of fused-ring (bicyclic) bond motifs is 8. The minimum Gasteiger partial charge on any atom is -0.292 e. The Kier molecular flexibility index (Phi) is 7.97. The van der Waals surface area contributed by atoms with Gasteiger partial charge in [0.15, 0.2) is 0 Å². The van der Waals surface area contributed by atoms with E-state index < -0.39 is 0 Å². The Morgan fingerprint density at radius 2 is 1.20 bits per heavy atom. The summed E-state index contributed by atoms with van der Waals surface area (Å²) in [5, 5.41) is 8.07. The largest absolute Gasteiger partial charge is 0.292 e. The average molecular weight is 755 g/mol. The summed E-state index contributed by atoms with van der Waals surface area (Å²) in [5.41, 5.74) is 18.0. The highest BCUT2D eigenvalue weighted by Crippen LogP contribution is 2.48. The van der Waals surface area contributed by atoms with Gasteiger partial charge in [-0.25, -0.2) is 4.98 Å². The number of allylic oxidation sites excluding steroid dienone is 6. The van der Waals surface area contributed by atoms with Gasteiger partial charge in [-0.3, -0.25) is 4.57 Å². The quantitative estimate of drug-likeness (QED) is 0.160. The first-order valence-corrected chi connectivity index (χ1v) is 21.2. The third-order valence-electron chi connectivity index (χ3n) is 12.9. The third-order valence-corrected chi connectivity index (χ3v) is 12.9. The van der Waals surface area contributed by atoms with Gasteiger partial charge >= 0.3 is 0 Å². The molecular formula is C57H42N2. The molecule has 2 heteroatoms. The van der Waals surface area contributed by atoms with Crippen LogP contribution >= 0.6 is 0 Å². The van der Waals surface area contributed by atoms with E-state index in [1.807, 2.05) is 0 Å². The first kappa shape index (κ1) is 34.0. The van der Waals surface area contributed by atoms with Crippen molar-refractivity contribution in [2.45, 2.75) is 38.5 Å². The van der Waals surface area contributed by atoms with Crippen LogP contribution in [0.15, 0.2) is 170 Å². The highest BCUT2D eigenvalue weighted by Gasteiger charge is 2.26. The maximum atomic E-state index is 5.16. The minimum absolute atomic E-state index is 0.949. The van der Waals surface area contributed by atoms with Gasteiger partial charge in [0.1, 0.15) is 5.82 Å². The molecule has 1 aromatic heterocycles. The number of para-hydroxylation sites is 3. The van der Waals surface area contributed by atoms with Gasteiger partial charge < -0.3 is 0 Å². The Balaban J connectivity index is 1.09. The molecule has 0 aliphatic heterocycles. The van der Waals surface area contributed by atoms with Crippen molar-refractivity contribution in [1.29, 1.82) is 0 Å². The van der Waals surface area contributed by atoms with Crippen LogP contribution in [0.1, 0.15) is 53.5 Å². The molecule has 0 spiro atoms. The molecule has 12 rings (SSSR count). The summed E-state index contributed by atoms with van der Waals surface area (Å²) in [6, 6.07) is 51.4. The predicted molar refractivity (Wildman–Crippen MR) is 251 cm³/mol. The Morgan fingerprint density at radius 1 is 0.475 bits per heavy atom. The lowest BCUT2D eigenvalue weighted by Gasteiger charge is -2.27. The van der Waals surface area contributed by atoms with Crippen LogP contribution in [0.4, 0.5) is 0 Å². The van der Waals surface area contributed by atoms with Crippen LogP contribution in [0.25, 0.3) is 100 Å². The second kappa shape index (κ2) is 13.8. The molecule has 0 bridgehead atoms. The third kappa shape index (κ3) is 5.51. The Morgan fingerprint density at radius 3 is 2.07 bits per heavy atom. The summed E-state index contributed by atoms with van der Waals surface area (Å²) in [6.45, 7) is 0. The number of benzene rings is 8. The molecule has 280 valence electrons. The lowest BCUT2D eigenvalue weighted by Crippen LogP contribution is -2.07. The number of aryl methyl sites for hydroxylation is 1. The molecule has 8 aromatic carbocycles. The molecule has 0 saturated heterocycles. The molecule has 0 fully saturated rings. The topological polar surface area (TPSA) is 17.8 Å². The van der Waals surface area contributed by atoms with Crippen LogP contribution in [-0.4, -0.2) is 9.55 Å². The maximum absolute atomic E-state index is 5.16. The first-order valence-electron chi connectivity index (χ1n) is 21.2. The van der Waals surface area contributed by atoms with Crippen LogP contribution in [0, 0.1) is 0 Å². The summed E-state index contributed by atoms with van der Waals surface area (Å²) in [6.07, 6.45) is 23.2. The highest BCUT2D eigenvalue weighted by molar-refractivity contribution is 6.15. The monoisotopic (exact) mass is 754 g/mol. The zero-order valence-electron chi connectivity index (χ0n) is 33.0. The molecule has 0 saturated carbocycles. The van der Waals surface area contributed by atoms with Gasteiger partial charge in [-0.1, -0.05) is 146 Å². The normalized spacial score (nSPS) is 14.6. The Labute approximate surface area is 344 Å². The van der Waals surface area contributed by atoms with E-state index in [9.17, 15) is 0 Å². The molecule has 0 N–H and O–H groups in total. The fourth-order valence-corrected chi connectivity index (χ4v) is 10.3. The molecule has 1 heterocycles. The number of imidazole rings is 1. The molecule has 0 amide bonds. The molecule has 9 aromatic rings. The number of nitrogens with zero attached hydrogens (tertiary/aromatic N) is 2. The van der Waals surface area contributed by atoms with Gasteiger partial charge in [0.25, 0.3) is 0 Å². The van der Waals surface area contributed by atoms with Crippen molar-refractivity contribution in [2.75, 3.05) is 0 Å². The lowest BCUT2D eigenvalue weighted by molar-refractivity contribution is 0.985. The van der Waals surface area contributed by atoms with E-state index in [4.69, 9.17) is 4.98 Å². The van der Waals surface area contributed by atoms with Gasteiger partial charge in [-0.05, 0) is 163 Å². The Hall–Kier alpha value is -7.03. The predicted octanol–water partition coefficient (Wildman–Crippen LogP) is 15.1. The van der Waals surface area contributed by atoms with Crippen LogP contribution in [0.3, 0.4) is 0 Å². The van der Waals surface area contributed by atoms with Crippen molar-refractivity contribution in [2.24, 2.45) is 0 Å². The van der Waals surface area contributed by atoms with E-state index in [2.05, 4.69) is 187 Å². The van der Waals surface area contributed by atoms with E-state index in [-0.39, 0.29) is 0 Å². The van der Waals surface area contributed by atoms with Crippen molar-refractivity contribution in [1.82, 2.24) is 9.55 Å². The van der Waals surface area contributed by atoms with E-state index in [0.717, 1.165) is 66.6 Å². The van der Waals surface area contributed by atoms with Gasteiger partial charge in [-0.15, -0.1) is 0 Å². The SMILES string of the molecule is C1=CC(c2c3c(c(-c4cc5ccc6ccccc6c5c5c4C=CCC5)c4cc(-c5ccc(-c6nc7ccccc7n6-c6ccccc6)cc5)ccc24)CCC=C3)=CCC1. The molecule has 3 aliphatic rings. The number of hydrogen-bond donors (Lipinski definition) is 0. The standard InChI is InChI=1S/C57H42N2/c1-3-16-39(17-4-1)54-47-23-11-12-24-48(47)56(50-36-42-32-29-38-15-7-8-20-44(38)55(42)46-22-10-9-21-45(46)50)51-35-41(33-34-49(51)54)37-27-30-40(31-28-37)57-58-52-25-13-14-26-53(52)59(57)43-18-5-2-6-19-43/h2-3,5-9,11,13-21,23,25-36H,1,4,10,12,22,24H2. The van der Waals surface area contributed by atoms with Gasteiger partial charge in [0.2, 0.25) is 0 Å². The van der Waals surface area contributed by atoms with Gasteiger partial charge in [0, 0.05) is 11.3 Å². The zero-order chi connectivity index (χ0) is 38.9. The number of rotatable bonds is 5. The van der Waals surface area contributed by atoms with Crippen LogP contribution in [0.5, 0.6) is 0 Å². The summed E-state index contributed by atoms with van der Waals surface area (Å²) in [5.74, 6) is 0.949.